The first kappa shape index (κ1) is 32.4. The van der Waals surface area contributed by atoms with Crippen LogP contribution in [-0.2, 0) is 31.6 Å². The van der Waals surface area contributed by atoms with Crippen LogP contribution >= 0.6 is 0 Å². The molecule has 0 N–H and O–H groups in total. The summed E-state index contributed by atoms with van der Waals surface area (Å²) in [7, 11) is 5.08. The second-order valence-electron chi connectivity index (χ2n) is 14.7. The van der Waals surface area contributed by atoms with E-state index < -0.39 is 5.92 Å². The van der Waals surface area contributed by atoms with Crippen LogP contribution in [0, 0.1) is 23.7 Å². The summed E-state index contributed by atoms with van der Waals surface area (Å²) in [6, 6.07) is 10.4. The first-order chi connectivity index (χ1) is 20.8. The Morgan fingerprint density at radius 3 is 2.25 bits per heavy atom. The van der Waals surface area contributed by atoms with Crippen molar-refractivity contribution in [2.24, 2.45) is 23.7 Å². The van der Waals surface area contributed by atoms with Gasteiger partial charge in [0.1, 0.15) is 35.1 Å². The average Bonchev–Trinajstić information content (AvgIpc) is 3.00. The summed E-state index contributed by atoms with van der Waals surface area (Å²) in [5.41, 5.74) is 4.18. The Balaban J connectivity index is 1.45. The largest absolute Gasteiger partial charge is 0.497 e. The third-order valence-electron chi connectivity index (χ3n) is 11.5. The molecule has 2 fully saturated rings. The second kappa shape index (κ2) is 12.4. The summed E-state index contributed by atoms with van der Waals surface area (Å²) >= 11 is 0. The number of carbonyl (C=O) groups excluding carboxylic acids is 2. The predicted octanol–water partition coefficient (Wildman–Crippen LogP) is 7.96. The highest BCUT2D eigenvalue weighted by atomic mass is 16.5. The highest BCUT2D eigenvalue weighted by molar-refractivity contribution is 6.00. The van der Waals surface area contributed by atoms with Gasteiger partial charge in [-0.05, 0) is 95.1 Å². The van der Waals surface area contributed by atoms with Crippen LogP contribution in [-0.4, -0.2) is 39.2 Å². The third-order valence-corrected chi connectivity index (χ3v) is 11.5. The molecule has 240 valence electrons. The highest BCUT2D eigenvalue weighted by Gasteiger charge is 2.54. The van der Waals surface area contributed by atoms with Gasteiger partial charge in [-0.1, -0.05) is 60.1 Å². The van der Waals surface area contributed by atoms with Gasteiger partial charge >= 0.3 is 5.97 Å². The topological polar surface area (TPSA) is 71.1 Å². The molecule has 3 aliphatic carbocycles. The fraction of sp³-hybridized carbons (Fsp3) is 0.632. The van der Waals surface area contributed by atoms with E-state index in [2.05, 4.69) is 65.8 Å². The van der Waals surface area contributed by atoms with Crippen molar-refractivity contribution in [3.63, 3.8) is 0 Å². The van der Waals surface area contributed by atoms with E-state index in [-0.39, 0.29) is 40.5 Å². The zero-order valence-electron chi connectivity index (χ0n) is 28.3. The van der Waals surface area contributed by atoms with E-state index in [1.165, 1.54) is 16.7 Å². The number of hydrogen-bond donors (Lipinski definition) is 0. The summed E-state index contributed by atoms with van der Waals surface area (Å²) in [6.45, 7) is 13.3. The van der Waals surface area contributed by atoms with Crippen LogP contribution < -0.4 is 14.2 Å². The van der Waals surface area contributed by atoms with Crippen molar-refractivity contribution in [2.75, 3.05) is 21.3 Å². The fourth-order valence-electron chi connectivity index (χ4n) is 8.76. The van der Waals surface area contributed by atoms with Crippen LogP contribution in [0.1, 0.15) is 108 Å². The zero-order chi connectivity index (χ0) is 32.0. The molecule has 0 aliphatic heterocycles. The minimum Gasteiger partial charge on any atom is -0.497 e. The van der Waals surface area contributed by atoms with Crippen molar-refractivity contribution in [1.29, 1.82) is 0 Å². The first-order valence-electron chi connectivity index (χ1n) is 16.5. The lowest BCUT2D eigenvalue weighted by molar-refractivity contribution is -0.169. The number of ketones is 1. The van der Waals surface area contributed by atoms with Gasteiger partial charge in [-0.3, -0.25) is 9.59 Å². The molecule has 5 rings (SSSR count). The molecule has 6 nitrogen and oxygen atoms in total. The molecule has 6 atom stereocenters. The van der Waals surface area contributed by atoms with E-state index in [1.54, 1.807) is 21.3 Å². The summed E-state index contributed by atoms with van der Waals surface area (Å²) in [4.78, 5) is 27.9. The van der Waals surface area contributed by atoms with Gasteiger partial charge in [-0.15, -0.1) is 0 Å². The number of fused-ring (bicyclic) bond motifs is 3. The standard InChI is InChI=1S/C38H52O6/c1-22(2)27-11-14-29-28(35(27)43-9)12-15-31-34(32(39)16-17-38(29,31)6)36(40)44-33-18-23(3)10-13-30(33)37(4,5)24-19-25(41-7)21-26(20-24)42-8/h11,14,19-23,30-31,33-34H,10,12-13,15-18H2,1-9H3/t23-,30-,31-,33-,34-,38+/m1/s1. The maximum Gasteiger partial charge on any atom is 0.317 e. The predicted molar refractivity (Wildman–Crippen MR) is 173 cm³/mol. The van der Waals surface area contributed by atoms with Crippen molar-refractivity contribution in [3.05, 3.63) is 52.6 Å². The molecule has 0 spiro atoms. The quantitative estimate of drug-likeness (QED) is 0.225. The average molecular weight is 605 g/mol. The van der Waals surface area contributed by atoms with Crippen molar-refractivity contribution in [2.45, 2.75) is 109 Å². The molecule has 0 saturated heterocycles. The molecular formula is C38H52O6. The van der Waals surface area contributed by atoms with Gasteiger partial charge in [-0.25, -0.2) is 0 Å². The minimum atomic E-state index is -0.740. The monoisotopic (exact) mass is 604 g/mol. The smallest absolute Gasteiger partial charge is 0.317 e. The molecule has 0 bridgehead atoms. The molecule has 0 aromatic heterocycles. The third kappa shape index (κ3) is 5.63. The van der Waals surface area contributed by atoms with Gasteiger partial charge in [0.25, 0.3) is 0 Å². The van der Waals surface area contributed by atoms with Crippen LogP contribution in [0.5, 0.6) is 17.2 Å². The Morgan fingerprint density at radius 2 is 1.64 bits per heavy atom. The van der Waals surface area contributed by atoms with Gasteiger partial charge < -0.3 is 18.9 Å². The molecule has 2 saturated carbocycles. The number of methoxy groups -OCH3 is 3. The molecule has 2 aromatic carbocycles. The Bertz CT molecular complexity index is 1370. The molecular weight excluding hydrogens is 552 g/mol. The van der Waals surface area contributed by atoms with Crippen molar-refractivity contribution in [1.82, 2.24) is 0 Å². The second-order valence-corrected chi connectivity index (χ2v) is 14.7. The van der Waals surface area contributed by atoms with Crippen LogP contribution in [0.15, 0.2) is 30.3 Å². The SMILES string of the molecule is COc1cc(OC)cc(C(C)(C)[C@@H]2CC[C@@H](C)C[C@H]2OC(=O)[C@H]2C(=O)CC[C@@]3(C)c4ccc(C(C)C)c(OC)c4CC[C@H]23)c1. The zero-order valence-corrected chi connectivity index (χ0v) is 28.3. The van der Waals surface area contributed by atoms with Crippen molar-refractivity contribution >= 4 is 11.8 Å². The van der Waals surface area contributed by atoms with E-state index >= 15 is 0 Å². The molecule has 0 radical (unpaired) electrons. The molecule has 0 heterocycles. The summed E-state index contributed by atoms with van der Waals surface area (Å²) < 4.78 is 23.7. The lowest BCUT2D eigenvalue weighted by atomic mass is 9.54. The maximum atomic E-state index is 14.3. The maximum absolute atomic E-state index is 14.3. The number of Topliss-reactive ketones (excluding diaryl/α,β-unsaturated/α-hetero) is 1. The van der Waals surface area contributed by atoms with Crippen LogP contribution in [0.25, 0.3) is 0 Å². The molecule has 44 heavy (non-hydrogen) atoms. The Kier molecular flexibility index (Phi) is 9.13. The lowest BCUT2D eigenvalue weighted by Gasteiger charge is -2.50. The van der Waals surface area contributed by atoms with Crippen molar-refractivity contribution in [3.8, 4) is 17.2 Å². The number of carbonyl (C=O) groups is 2. The summed E-state index contributed by atoms with van der Waals surface area (Å²) in [5, 5.41) is 0. The molecule has 0 unspecified atom stereocenters. The molecule has 6 heteroatoms. The van der Waals surface area contributed by atoms with E-state index in [0.29, 0.717) is 18.3 Å². The van der Waals surface area contributed by atoms with E-state index in [1.807, 2.05) is 6.07 Å². The summed E-state index contributed by atoms with van der Waals surface area (Å²) in [5.74, 6) is 2.22. The number of esters is 1. The van der Waals surface area contributed by atoms with Crippen LogP contribution in [0.4, 0.5) is 0 Å². The van der Waals surface area contributed by atoms with Crippen LogP contribution in [0.2, 0.25) is 0 Å². The lowest BCUT2D eigenvalue weighted by Crippen LogP contribution is -2.52. The Labute approximate surface area is 264 Å². The van der Waals surface area contributed by atoms with Gasteiger partial charge in [-0.2, -0.15) is 0 Å². The Hall–Kier alpha value is -3.02. The number of benzene rings is 2. The van der Waals surface area contributed by atoms with Gasteiger partial charge in [0.2, 0.25) is 0 Å². The minimum absolute atomic E-state index is 0.0314. The van der Waals surface area contributed by atoms with Crippen LogP contribution in [0.3, 0.4) is 0 Å². The molecule has 0 amide bonds. The molecule has 3 aliphatic rings. The van der Waals surface area contributed by atoms with E-state index in [4.69, 9.17) is 18.9 Å². The fourth-order valence-corrected chi connectivity index (χ4v) is 8.76. The number of hydrogen-bond acceptors (Lipinski definition) is 6. The highest BCUT2D eigenvalue weighted by Crippen LogP contribution is 2.54. The van der Waals surface area contributed by atoms with Crippen molar-refractivity contribution < 1.29 is 28.5 Å². The van der Waals surface area contributed by atoms with E-state index in [9.17, 15) is 9.59 Å². The molecule has 2 aromatic rings. The Morgan fingerprint density at radius 1 is 0.955 bits per heavy atom. The van der Waals surface area contributed by atoms with Gasteiger partial charge in [0, 0.05) is 18.4 Å². The summed E-state index contributed by atoms with van der Waals surface area (Å²) in [6.07, 6.45) is 5.23. The number of rotatable bonds is 8. The van der Waals surface area contributed by atoms with Gasteiger partial charge in [0.15, 0.2) is 0 Å². The normalized spacial score (nSPS) is 28.6. The van der Waals surface area contributed by atoms with Gasteiger partial charge in [0.05, 0.1) is 21.3 Å². The van der Waals surface area contributed by atoms with E-state index in [0.717, 1.165) is 61.3 Å². The first-order valence-corrected chi connectivity index (χ1v) is 16.5. The number of ether oxygens (including phenoxy) is 4.